The molecular formula is C20H22FN3O4S. The third kappa shape index (κ3) is 4.99. The van der Waals surface area contributed by atoms with Crippen molar-refractivity contribution in [3.8, 4) is 0 Å². The Kier molecular flexibility index (Phi) is 6.29. The lowest BCUT2D eigenvalue weighted by molar-refractivity contribution is -0.136. The molecule has 2 aromatic rings. The fraction of sp³-hybridized carbons (Fsp3) is 0.300. The Morgan fingerprint density at radius 1 is 1.14 bits per heavy atom. The first-order chi connectivity index (χ1) is 13.8. The first-order valence-electron chi connectivity index (χ1n) is 9.20. The van der Waals surface area contributed by atoms with Gasteiger partial charge in [0.25, 0.3) is 0 Å². The molecule has 1 aliphatic heterocycles. The van der Waals surface area contributed by atoms with Gasteiger partial charge in [-0.15, -0.1) is 0 Å². The smallest absolute Gasteiger partial charge is 0.313 e. The molecular weight excluding hydrogens is 397 g/mol. The van der Waals surface area contributed by atoms with Crippen molar-refractivity contribution in [3.05, 3.63) is 59.9 Å². The predicted octanol–water partition coefficient (Wildman–Crippen LogP) is 2.04. The summed E-state index contributed by atoms with van der Waals surface area (Å²) in [6.07, 6.45) is 1.25. The molecule has 1 saturated heterocycles. The molecule has 1 unspecified atom stereocenters. The highest BCUT2D eigenvalue weighted by atomic mass is 32.2. The zero-order chi connectivity index (χ0) is 21.0. The lowest BCUT2D eigenvalue weighted by Gasteiger charge is -2.24. The molecule has 1 atom stereocenters. The molecule has 29 heavy (non-hydrogen) atoms. The van der Waals surface area contributed by atoms with Crippen molar-refractivity contribution in [3.63, 3.8) is 0 Å². The summed E-state index contributed by atoms with van der Waals surface area (Å²) < 4.78 is 40.3. The summed E-state index contributed by atoms with van der Waals surface area (Å²) in [5.41, 5.74) is 1.12. The number of nitrogens with one attached hydrogen (secondary N) is 2. The molecule has 2 N–H and O–H groups in total. The fourth-order valence-corrected chi connectivity index (χ4v) is 4.91. The van der Waals surface area contributed by atoms with Crippen molar-refractivity contribution in [2.75, 3.05) is 18.4 Å². The third-order valence-corrected chi connectivity index (χ3v) is 6.70. The van der Waals surface area contributed by atoms with Crippen molar-refractivity contribution in [1.29, 1.82) is 0 Å². The van der Waals surface area contributed by atoms with Crippen molar-refractivity contribution in [1.82, 2.24) is 9.62 Å². The van der Waals surface area contributed by atoms with Gasteiger partial charge in [0.1, 0.15) is 5.82 Å². The summed E-state index contributed by atoms with van der Waals surface area (Å²) >= 11 is 0. The number of carbonyl (C=O) groups excluding carboxylic acids is 2. The van der Waals surface area contributed by atoms with Crippen LogP contribution in [0.15, 0.2) is 53.4 Å². The number of anilines is 1. The molecule has 2 amide bonds. The van der Waals surface area contributed by atoms with E-state index >= 15 is 0 Å². The minimum absolute atomic E-state index is 0.0144. The van der Waals surface area contributed by atoms with E-state index in [-0.39, 0.29) is 17.1 Å². The lowest BCUT2D eigenvalue weighted by Crippen LogP contribution is -2.45. The van der Waals surface area contributed by atoms with Gasteiger partial charge in [0.2, 0.25) is 10.0 Å². The van der Waals surface area contributed by atoms with Gasteiger partial charge in [-0.05, 0) is 50.1 Å². The number of rotatable bonds is 5. The average Bonchev–Trinajstić information content (AvgIpc) is 3.16. The Morgan fingerprint density at radius 2 is 1.86 bits per heavy atom. The molecule has 1 heterocycles. The summed E-state index contributed by atoms with van der Waals surface area (Å²) in [6.45, 7) is 2.24. The van der Waals surface area contributed by atoms with Gasteiger partial charge in [0.05, 0.1) is 4.90 Å². The number of sulfonamides is 1. The highest BCUT2D eigenvalue weighted by Crippen LogP contribution is 2.26. The largest absolute Gasteiger partial charge is 0.346 e. The minimum atomic E-state index is -3.69. The third-order valence-electron chi connectivity index (χ3n) is 4.74. The number of hydrogen-bond donors (Lipinski definition) is 2. The molecule has 0 aromatic heterocycles. The molecule has 2 aromatic carbocycles. The molecule has 0 saturated carbocycles. The summed E-state index contributed by atoms with van der Waals surface area (Å²) in [4.78, 5) is 24.3. The molecule has 7 nitrogen and oxygen atoms in total. The topological polar surface area (TPSA) is 95.6 Å². The van der Waals surface area contributed by atoms with E-state index < -0.39 is 33.7 Å². The quantitative estimate of drug-likeness (QED) is 0.725. The van der Waals surface area contributed by atoms with Crippen molar-refractivity contribution in [2.24, 2.45) is 0 Å². The maximum Gasteiger partial charge on any atom is 0.313 e. The zero-order valence-corrected chi connectivity index (χ0v) is 16.7. The molecule has 0 aliphatic carbocycles. The molecule has 1 aliphatic rings. The Morgan fingerprint density at radius 3 is 2.55 bits per heavy atom. The molecule has 9 heteroatoms. The van der Waals surface area contributed by atoms with Crippen LogP contribution in [0.5, 0.6) is 0 Å². The average molecular weight is 419 g/mol. The van der Waals surface area contributed by atoms with Gasteiger partial charge < -0.3 is 10.6 Å². The second-order valence-electron chi connectivity index (χ2n) is 6.90. The Labute approximate surface area is 169 Å². The number of hydrogen-bond acceptors (Lipinski definition) is 4. The lowest BCUT2D eigenvalue weighted by atomic mass is 10.2. The number of aryl methyl sites for hydroxylation is 1. The van der Waals surface area contributed by atoms with E-state index in [9.17, 15) is 22.4 Å². The number of nitrogens with zero attached hydrogens (tertiary/aromatic N) is 1. The van der Waals surface area contributed by atoms with Gasteiger partial charge in [-0.2, -0.15) is 4.31 Å². The van der Waals surface area contributed by atoms with E-state index in [1.165, 1.54) is 22.5 Å². The summed E-state index contributed by atoms with van der Waals surface area (Å²) in [6, 6.07) is 11.3. The van der Waals surface area contributed by atoms with Crippen molar-refractivity contribution in [2.45, 2.75) is 30.7 Å². The first kappa shape index (κ1) is 20.9. The van der Waals surface area contributed by atoms with E-state index in [1.807, 2.05) is 6.92 Å². The zero-order valence-electron chi connectivity index (χ0n) is 15.9. The van der Waals surface area contributed by atoms with Crippen LogP contribution in [0.4, 0.5) is 10.1 Å². The Hall–Kier alpha value is -2.78. The molecule has 0 bridgehead atoms. The van der Waals surface area contributed by atoms with Gasteiger partial charge in [-0.1, -0.05) is 23.8 Å². The van der Waals surface area contributed by atoms with Crippen LogP contribution in [-0.4, -0.2) is 43.7 Å². The SMILES string of the molecule is Cc1ccc(S(=O)(=O)N2CCCC2CNC(=O)C(=O)Nc2cccc(F)c2)cc1. The second-order valence-corrected chi connectivity index (χ2v) is 8.79. The van der Waals surface area contributed by atoms with Gasteiger partial charge in [0, 0.05) is 24.8 Å². The normalized spacial score (nSPS) is 17.1. The molecule has 154 valence electrons. The van der Waals surface area contributed by atoms with E-state index in [2.05, 4.69) is 10.6 Å². The van der Waals surface area contributed by atoms with E-state index in [4.69, 9.17) is 0 Å². The van der Waals surface area contributed by atoms with Crippen molar-refractivity contribution >= 4 is 27.5 Å². The number of benzene rings is 2. The van der Waals surface area contributed by atoms with Crippen LogP contribution < -0.4 is 10.6 Å². The standard InChI is InChI=1S/C20H22FN3O4S/c1-14-7-9-18(10-8-14)29(27,28)24-11-3-6-17(24)13-22-19(25)20(26)23-16-5-2-4-15(21)12-16/h2,4-5,7-10,12,17H,3,6,11,13H2,1H3,(H,22,25)(H,23,26). The molecule has 3 rings (SSSR count). The van der Waals surface area contributed by atoms with Gasteiger partial charge in [-0.25, -0.2) is 12.8 Å². The predicted molar refractivity (Wildman–Crippen MR) is 106 cm³/mol. The minimum Gasteiger partial charge on any atom is -0.346 e. The van der Waals surface area contributed by atoms with Crippen LogP contribution in [0.3, 0.4) is 0 Å². The highest BCUT2D eigenvalue weighted by molar-refractivity contribution is 7.89. The van der Waals surface area contributed by atoms with Crippen LogP contribution in [-0.2, 0) is 19.6 Å². The molecule has 0 spiro atoms. The monoisotopic (exact) mass is 419 g/mol. The van der Waals surface area contributed by atoms with Gasteiger partial charge in [-0.3, -0.25) is 9.59 Å². The van der Waals surface area contributed by atoms with Crippen LogP contribution >= 0.6 is 0 Å². The number of halogens is 1. The van der Waals surface area contributed by atoms with Crippen molar-refractivity contribution < 1.29 is 22.4 Å². The molecule has 1 fully saturated rings. The Bertz CT molecular complexity index is 1010. The van der Waals surface area contributed by atoms with E-state index in [1.54, 1.807) is 24.3 Å². The van der Waals surface area contributed by atoms with E-state index in [0.717, 1.165) is 11.6 Å². The van der Waals surface area contributed by atoms with Gasteiger partial charge >= 0.3 is 11.8 Å². The number of carbonyl (C=O) groups is 2. The highest BCUT2D eigenvalue weighted by Gasteiger charge is 2.35. The van der Waals surface area contributed by atoms with Gasteiger partial charge in [0.15, 0.2) is 0 Å². The summed E-state index contributed by atoms with van der Waals surface area (Å²) in [5.74, 6) is -2.39. The van der Waals surface area contributed by atoms with Crippen LogP contribution in [0.2, 0.25) is 0 Å². The maximum absolute atomic E-state index is 13.2. The van der Waals surface area contributed by atoms with E-state index in [0.29, 0.717) is 19.4 Å². The number of amides is 2. The maximum atomic E-state index is 13.2. The fourth-order valence-electron chi connectivity index (χ4n) is 3.22. The summed E-state index contributed by atoms with van der Waals surface area (Å²) in [7, 11) is -3.69. The first-order valence-corrected chi connectivity index (χ1v) is 10.6. The Balaban J connectivity index is 1.61. The molecule has 0 radical (unpaired) electrons. The van der Waals surface area contributed by atoms with Crippen LogP contribution in [0.1, 0.15) is 18.4 Å². The summed E-state index contributed by atoms with van der Waals surface area (Å²) in [5, 5.41) is 4.78. The van der Waals surface area contributed by atoms with Crippen LogP contribution in [0.25, 0.3) is 0 Å². The van der Waals surface area contributed by atoms with Crippen LogP contribution in [0, 0.1) is 12.7 Å². The second kappa shape index (κ2) is 8.71.